The maximum Gasteiger partial charge on any atom is 0.417 e. The van der Waals surface area contributed by atoms with Crippen molar-refractivity contribution >= 4 is 24.9 Å². The number of rotatable bonds is 1. The molecule has 1 aromatic carbocycles. The molecule has 0 atom stereocenters. The van der Waals surface area contributed by atoms with Gasteiger partial charge in [-0.2, -0.15) is 13.2 Å². The Hall–Kier alpha value is -0.553. The second-order valence-corrected chi connectivity index (χ2v) is 9.91. The Balaban J connectivity index is 3.52. The van der Waals surface area contributed by atoms with Crippen molar-refractivity contribution < 1.29 is 17.6 Å². The molecule has 0 aliphatic heterocycles. The van der Waals surface area contributed by atoms with E-state index >= 15 is 0 Å². The highest BCUT2D eigenvalue weighted by Gasteiger charge is 2.37. The minimum absolute atomic E-state index is 0.0315. The van der Waals surface area contributed by atoms with Crippen molar-refractivity contribution in [3.05, 3.63) is 28.5 Å². The average molecular weight is 271 g/mol. The summed E-state index contributed by atoms with van der Waals surface area (Å²) in [7, 11) is -2.24. The van der Waals surface area contributed by atoms with Crippen LogP contribution in [0.4, 0.5) is 17.6 Å². The Labute approximate surface area is 97.2 Å². The predicted molar refractivity (Wildman–Crippen MR) is 59.4 cm³/mol. The summed E-state index contributed by atoms with van der Waals surface area (Å²) in [6, 6.07) is 1.52. The van der Waals surface area contributed by atoms with Gasteiger partial charge in [0, 0.05) is 0 Å². The van der Waals surface area contributed by atoms with Gasteiger partial charge >= 0.3 is 6.18 Å². The quantitative estimate of drug-likeness (QED) is 0.534. The van der Waals surface area contributed by atoms with Crippen molar-refractivity contribution in [1.82, 2.24) is 0 Å². The number of halogens is 5. The van der Waals surface area contributed by atoms with Gasteiger partial charge in [0.25, 0.3) is 0 Å². The SMILES string of the molecule is C[Si](C)(C)c1c(F)ccc(C(F)(F)F)c1Cl. The molecular weight excluding hydrogens is 260 g/mol. The van der Waals surface area contributed by atoms with Crippen LogP contribution in [0.3, 0.4) is 0 Å². The summed E-state index contributed by atoms with van der Waals surface area (Å²) in [5.74, 6) is -0.655. The fourth-order valence-electron chi connectivity index (χ4n) is 1.46. The van der Waals surface area contributed by atoms with Crippen LogP contribution in [0.25, 0.3) is 0 Å². The van der Waals surface area contributed by atoms with Crippen LogP contribution in [0.5, 0.6) is 0 Å². The van der Waals surface area contributed by atoms with Gasteiger partial charge in [-0.25, -0.2) is 4.39 Å². The Kier molecular flexibility index (Phi) is 3.41. The van der Waals surface area contributed by atoms with Crippen LogP contribution in [0, 0.1) is 5.82 Å². The van der Waals surface area contributed by atoms with E-state index in [4.69, 9.17) is 11.6 Å². The van der Waals surface area contributed by atoms with Crippen molar-refractivity contribution in [2.45, 2.75) is 25.8 Å². The first-order valence-electron chi connectivity index (χ1n) is 4.61. The molecule has 90 valence electrons. The second kappa shape index (κ2) is 4.03. The van der Waals surface area contributed by atoms with Gasteiger partial charge < -0.3 is 0 Å². The molecule has 0 saturated heterocycles. The van der Waals surface area contributed by atoms with Gasteiger partial charge in [-0.3, -0.25) is 0 Å². The molecule has 0 N–H and O–H groups in total. The largest absolute Gasteiger partial charge is 0.417 e. The Morgan fingerprint density at radius 2 is 1.62 bits per heavy atom. The van der Waals surface area contributed by atoms with E-state index in [0.29, 0.717) is 6.07 Å². The lowest BCUT2D eigenvalue weighted by Crippen LogP contribution is -2.41. The highest BCUT2D eigenvalue weighted by molar-refractivity contribution is 6.90. The summed E-state index contributed by atoms with van der Waals surface area (Å²) in [4.78, 5) is 0. The van der Waals surface area contributed by atoms with Crippen LogP contribution in [0.15, 0.2) is 12.1 Å². The zero-order valence-electron chi connectivity index (χ0n) is 9.04. The molecule has 0 heterocycles. The summed E-state index contributed by atoms with van der Waals surface area (Å²) in [6.07, 6.45) is -4.54. The minimum atomic E-state index is -4.54. The molecule has 0 saturated carbocycles. The average Bonchev–Trinajstić information content (AvgIpc) is 1.97. The first kappa shape index (κ1) is 13.5. The van der Waals surface area contributed by atoms with Gasteiger partial charge in [-0.05, 0) is 17.3 Å². The van der Waals surface area contributed by atoms with Crippen molar-refractivity contribution in [1.29, 1.82) is 0 Å². The van der Waals surface area contributed by atoms with Crippen LogP contribution in [0.1, 0.15) is 5.56 Å². The monoisotopic (exact) mass is 270 g/mol. The van der Waals surface area contributed by atoms with Crippen molar-refractivity contribution in [3.8, 4) is 0 Å². The fraction of sp³-hybridized carbons (Fsp3) is 0.400. The standard InChI is InChI=1S/C10H11ClF4Si/c1-16(2,3)9-7(12)5-4-6(8(9)11)10(13,14)15/h4-5H,1-3H3. The predicted octanol–water partition coefficient (Wildman–Crippen LogP) is 4.04. The van der Waals surface area contributed by atoms with E-state index in [-0.39, 0.29) is 5.19 Å². The normalized spacial score (nSPS) is 13.0. The Morgan fingerprint density at radius 3 is 2.00 bits per heavy atom. The van der Waals surface area contributed by atoms with E-state index in [9.17, 15) is 17.6 Å². The maximum atomic E-state index is 13.5. The molecule has 0 bridgehead atoms. The van der Waals surface area contributed by atoms with Gasteiger partial charge in [-0.15, -0.1) is 0 Å². The number of hydrogen-bond donors (Lipinski definition) is 0. The molecule has 0 aromatic heterocycles. The molecule has 0 radical (unpaired) electrons. The zero-order chi connectivity index (χ0) is 12.7. The summed E-state index contributed by atoms with van der Waals surface area (Å²) in [5.41, 5.74) is -0.965. The van der Waals surface area contributed by atoms with Crippen LogP contribution in [-0.2, 0) is 6.18 Å². The second-order valence-electron chi connectivity index (χ2n) is 4.53. The number of hydrogen-bond acceptors (Lipinski definition) is 0. The third-order valence-corrected chi connectivity index (χ3v) is 4.69. The number of benzene rings is 1. The fourth-order valence-corrected chi connectivity index (χ4v) is 4.16. The first-order valence-corrected chi connectivity index (χ1v) is 8.48. The summed E-state index contributed by atoms with van der Waals surface area (Å²) < 4.78 is 51.2. The van der Waals surface area contributed by atoms with Gasteiger partial charge in [0.15, 0.2) is 0 Å². The third-order valence-electron chi connectivity index (χ3n) is 2.15. The van der Waals surface area contributed by atoms with Crippen molar-refractivity contribution in [3.63, 3.8) is 0 Å². The molecule has 0 aliphatic carbocycles. The van der Waals surface area contributed by atoms with Gasteiger partial charge in [-0.1, -0.05) is 31.2 Å². The van der Waals surface area contributed by atoms with E-state index in [2.05, 4.69) is 0 Å². The molecule has 0 aliphatic rings. The maximum absolute atomic E-state index is 13.5. The Morgan fingerprint density at radius 1 is 1.12 bits per heavy atom. The molecule has 0 fully saturated rings. The van der Waals surface area contributed by atoms with Crippen molar-refractivity contribution in [2.24, 2.45) is 0 Å². The molecular formula is C10H11ClF4Si. The summed E-state index contributed by atoms with van der Waals surface area (Å²) in [5, 5.41) is -0.462. The Bertz CT molecular complexity index is 407. The van der Waals surface area contributed by atoms with Gasteiger partial charge in [0.1, 0.15) is 5.82 Å². The summed E-state index contributed by atoms with van der Waals surface area (Å²) >= 11 is 5.66. The lowest BCUT2D eigenvalue weighted by Gasteiger charge is -2.21. The van der Waals surface area contributed by atoms with E-state index in [1.165, 1.54) is 0 Å². The lowest BCUT2D eigenvalue weighted by molar-refractivity contribution is -0.137. The highest BCUT2D eigenvalue weighted by atomic mass is 35.5. The molecule has 0 spiro atoms. The van der Waals surface area contributed by atoms with E-state index in [0.717, 1.165) is 6.07 Å². The van der Waals surface area contributed by atoms with E-state index in [1.54, 1.807) is 19.6 Å². The number of alkyl halides is 3. The van der Waals surface area contributed by atoms with Crippen LogP contribution < -0.4 is 5.19 Å². The topological polar surface area (TPSA) is 0 Å². The molecule has 16 heavy (non-hydrogen) atoms. The summed E-state index contributed by atoms with van der Waals surface area (Å²) in [6.45, 7) is 5.24. The zero-order valence-corrected chi connectivity index (χ0v) is 10.8. The lowest BCUT2D eigenvalue weighted by atomic mass is 10.2. The highest BCUT2D eigenvalue weighted by Crippen LogP contribution is 2.34. The first-order chi connectivity index (χ1) is 7.05. The smallest absolute Gasteiger partial charge is 0.207 e. The van der Waals surface area contributed by atoms with Crippen molar-refractivity contribution in [2.75, 3.05) is 0 Å². The van der Waals surface area contributed by atoms with Crippen LogP contribution in [0.2, 0.25) is 24.7 Å². The van der Waals surface area contributed by atoms with Gasteiger partial charge in [0.05, 0.1) is 18.7 Å². The van der Waals surface area contributed by atoms with Gasteiger partial charge in [0.2, 0.25) is 0 Å². The molecule has 0 unspecified atom stereocenters. The van der Waals surface area contributed by atoms with E-state index < -0.39 is 30.7 Å². The third kappa shape index (κ3) is 2.57. The molecule has 0 nitrogen and oxygen atoms in total. The van der Waals surface area contributed by atoms with Crippen LogP contribution >= 0.6 is 11.6 Å². The van der Waals surface area contributed by atoms with E-state index in [1.807, 2.05) is 0 Å². The molecule has 1 aromatic rings. The molecule has 1 rings (SSSR count). The van der Waals surface area contributed by atoms with Crippen LogP contribution in [-0.4, -0.2) is 8.07 Å². The molecule has 0 amide bonds. The molecule has 6 heteroatoms. The minimum Gasteiger partial charge on any atom is -0.207 e.